The fraction of sp³-hybridized carbons (Fsp3) is 0.632. The third-order valence-corrected chi connectivity index (χ3v) is 6.24. The second-order valence-electron chi connectivity index (χ2n) is 6.46. The summed E-state index contributed by atoms with van der Waals surface area (Å²) in [4.78, 5) is 4.29. The quantitative estimate of drug-likeness (QED) is 0.443. The average Bonchev–Trinajstić information content (AvgIpc) is 2.63. The van der Waals surface area contributed by atoms with E-state index in [-0.39, 0.29) is 0 Å². The molecule has 1 aromatic rings. The lowest BCUT2D eigenvalue weighted by Gasteiger charge is -2.30. The van der Waals surface area contributed by atoms with Gasteiger partial charge in [-0.2, -0.15) is 0 Å². The van der Waals surface area contributed by atoms with Crippen molar-refractivity contribution in [3.63, 3.8) is 0 Å². The van der Waals surface area contributed by atoms with Crippen molar-refractivity contribution in [2.45, 2.75) is 50.8 Å². The van der Waals surface area contributed by atoms with Gasteiger partial charge in [0, 0.05) is 34.9 Å². The molecule has 2 rings (SSSR count). The Morgan fingerprint density at radius 3 is 2.96 bits per heavy atom. The van der Waals surface area contributed by atoms with E-state index in [1.54, 1.807) is 7.05 Å². The minimum absolute atomic E-state index is 0.319. The monoisotopic (exact) mass is 365 g/mol. The van der Waals surface area contributed by atoms with E-state index in [2.05, 4.69) is 28.6 Å². The second kappa shape index (κ2) is 10.4. The molecule has 1 aliphatic rings. The highest BCUT2D eigenvalue weighted by atomic mass is 32.2. The predicted octanol–water partition coefficient (Wildman–Crippen LogP) is 2.62. The number of ether oxygens (including phenoxy) is 1. The fourth-order valence-corrected chi connectivity index (χ4v) is 4.53. The summed E-state index contributed by atoms with van der Waals surface area (Å²) in [5, 5.41) is 7.09. The highest BCUT2D eigenvalue weighted by molar-refractivity contribution is 7.85. The Bertz CT molecular complexity index is 592. The van der Waals surface area contributed by atoms with Gasteiger partial charge in [-0.25, -0.2) is 0 Å². The van der Waals surface area contributed by atoms with Gasteiger partial charge in [0.25, 0.3) is 0 Å². The lowest BCUT2D eigenvalue weighted by atomic mass is 9.95. The zero-order valence-electron chi connectivity index (χ0n) is 15.6. The van der Waals surface area contributed by atoms with Gasteiger partial charge in [0.05, 0.1) is 6.54 Å². The van der Waals surface area contributed by atoms with Crippen molar-refractivity contribution < 1.29 is 8.95 Å². The first-order chi connectivity index (χ1) is 12.1. The summed E-state index contributed by atoms with van der Waals surface area (Å²) in [6, 6.07) is 8.40. The number of aliphatic imine (C=N–C) groups is 1. The maximum absolute atomic E-state index is 12.1. The van der Waals surface area contributed by atoms with Crippen LogP contribution in [0, 0.1) is 6.92 Å². The number of aryl methyl sites for hydroxylation is 1. The Balaban J connectivity index is 1.72. The third kappa shape index (κ3) is 6.69. The molecule has 25 heavy (non-hydrogen) atoms. The standard InChI is InChI=1S/C19H31N3O2S/c1-4-25(23)18-10-6-8-16(14-18)22-19(20-3)21-11-12-24-17-9-5-7-15(2)13-17/h5,7,9,13,16,18H,4,6,8,10-12,14H2,1-3H3,(H2,20,21,22). The molecular weight excluding hydrogens is 334 g/mol. The van der Waals surface area contributed by atoms with Crippen LogP contribution in [-0.4, -0.2) is 47.4 Å². The summed E-state index contributed by atoms with van der Waals surface area (Å²) in [6.45, 7) is 5.32. The first kappa shape index (κ1) is 19.8. The van der Waals surface area contributed by atoms with Gasteiger partial charge in [-0.1, -0.05) is 25.5 Å². The molecule has 3 atom stereocenters. The maximum Gasteiger partial charge on any atom is 0.191 e. The first-order valence-corrected chi connectivity index (χ1v) is 10.5. The molecule has 2 N–H and O–H groups in total. The molecule has 1 aromatic carbocycles. The summed E-state index contributed by atoms with van der Waals surface area (Å²) >= 11 is 0. The topological polar surface area (TPSA) is 62.7 Å². The smallest absolute Gasteiger partial charge is 0.191 e. The summed E-state index contributed by atoms with van der Waals surface area (Å²) < 4.78 is 17.8. The zero-order chi connectivity index (χ0) is 18.1. The molecule has 0 heterocycles. The van der Waals surface area contributed by atoms with E-state index in [4.69, 9.17) is 4.74 Å². The molecule has 1 saturated carbocycles. The van der Waals surface area contributed by atoms with Crippen LogP contribution in [-0.2, 0) is 10.8 Å². The normalized spacial score (nSPS) is 22.3. The van der Waals surface area contributed by atoms with Gasteiger partial charge in [0.1, 0.15) is 12.4 Å². The molecular formula is C19H31N3O2S. The van der Waals surface area contributed by atoms with E-state index in [1.807, 2.05) is 25.1 Å². The Morgan fingerprint density at radius 2 is 2.24 bits per heavy atom. The van der Waals surface area contributed by atoms with Crippen LogP contribution in [0.15, 0.2) is 29.3 Å². The highest BCUT2D eigenvalue weighted by Gasteiger charge is 2.25. The zero-order valence-corrected chi connectivity index (χ0v) is 16.4. The number of rotatable bonds is 7. The summed E-state index contributed by atoms with van der Waals surface area (Å²) in [6.07, 6.45) is 4.27. The minimum atomic E-state index is -0.701. The van der Waals surface area contributed by atoms with Crippen molar-refractivity contribution in [1.29, 1.82) is 0 Å². The van der Waals surface area contributed by atoms with E-state index in [0.717, 1.165) is 43.1 Å². The SMILES string of the molecule is CCS(=O)C1CCCC(NC(=NC)NCCOc2cccc(C)c2)C1. The molecule has 6 heteroatoms. The van der Waals surface area contributed by atoms with Gasteiger partial charge in [0.15, 0.2) is 5.96 Å². The molecule has 140 valence electrons. The van der Waals surface area contributed by atoms with Crippen LogP contribution in [0.25, 0.3) is 0 Å². The van der Waals surface area contributed by atoms with E-state index >= 15 is 0 Å². The average molecular weight is 366 g/mol. The summed E-state index contributed by atoms with van der Waals surface area (Å²) in [5.74, 6) is 2.43. The number of nitrogens with zero attached hydrogens (tertiary/aromatic N) is 1. The maximum atomic E-state index is 12.1. The van der Waals surface area contributed by atoms with E-state index < -0.39 is 10.8 Å². The van der Waals surface area contributed by atoms with Crippen molar-refractivity contribution >= 4 is 16.8 Å². The molecule has 1 fully saturated rings. The second-order valence-corrected chi connectivity index (χ2v) is 8.47. The number of guanidine groups is 1. The molecule has 1 aliphatic carbocycles. The molecule has 0 saturated heterocycles. The van der Waals surface area contributed by atoms with Crippen LogP contribution in [0.5, 0.6) is 5.75 Å². The predicted molar refractivity (Wildman–Crippen MR) is 106 cm³/mol. The molecule has 0 spiro atoms. The largest absolute Gasteiger partial charge is 0.492 e. The molecule has 0 radical (unpaired) electrons. The van der Waals surface area contributed by atoms with Gasteiger partial charge in [-0.05, 0) is 43.9 Å². The lowest BCUT2D eigenvalue weighted by Crippen LogP contribution is -2.47. The van der Waals surface area contributed by atoms with Crippen LogP contribution >= 0.6 is 0 Å². The number of nitrogens with one attached hydrogen (secondary N) is 2. The molecule has 0 bridgehead atoms. The van der Waals surface area contributed by atoms with E-state index in [9.17, 15) is 4.21 Å². The Hall–Kier alpha value is -1.56. The van der Waals surface area contributed by atoms with Crippen molar-refractivity contribution in [3.8, 4) is 5.75 Å². The van der Waals surface area contributed by atoms with Crippen LogP contribution in [0.2, 0.25) is 0 Å². The van der Waals surface area contributed by atoms with Crippen LogP contribution in [0.1, 0.15) is 38.2 Å². The van der Waals surface area contributed by atoms with Gasteiger partial charge in [-0.3, -0.25) is 9.20 Å². The van der Waals surface area contributed by atoms with Crippen molar-refractivity contribution in [2.24, 2.45) is 4.99 Å². The number of hydrogen-bond donors (Lipinski definition) is 2. The van der Waals surface area contributed by atoms with Gasteiger partial charge >= 0.3 is 0 Å². The lowest BCUT2D eigenvalue weighted by molar-refractivity contribution is 0.321. The molecule has 5 nitrogen and oxygen atoms in total. The van der Waals surface area contributed by atoms with Crippen molar-refractivity contribution in [3.05, 3.63) is 29.8 Å². The highest BCUT2D eigenvalue weighted by Crippen LogP contribution is 2.22. The summed E-state index contributed by atoms with van der Waals surface area (Å²) in [7, 11) is 1.08. The van der Waals surface area contributed by atoms with Crippen LogP contribution in [0.4, 0.5) is 0 Å². The van der Waals surface area contributed by atoms with Gasteiger partial charge in [0.2, 0.25) is 0 Å². The van der Waals surface area contributed by atoms with E-state index in [1.165, 1.54) is 5.56 Å². The number of hydrogen-bond acceptors (Lipinski definition) is 3. The molecule has 0 aliphatic heterocycles. The molecule has 0 amide bonds. The minimum Gasteiger partial charge on any atom is -0.492 e. The van der Waals surface area contributed by atoms with Crippen LogP contribution < -0.4 is 15.4 Å². The Kier molecular flexibility index (Phi) is 8.25. The summed E-state index contributed by atoms with van der Waals surface area (Å²) in [5.41, 5.74) is 1.19. The van der Waals surface area contributed by atoms with Gasteiger partial charge < -0.3 is 15.4 Å². The molecule has 3 unspecified atom stereocenters. The fourth-order valence-electron chi connectivity index (χ4n) is 3.18. The van der Waals surface area contributed by atoms with Gasteiger partial charge in [-0.15, -0.1) is 0 Å². The van der Waals surface area contributed by atoms with Crippen molar-refractivity contribution in [2.75, 3.05) is 26.0 Å². The third-order valence-electron chi connectivity index (χ3n) is 4.50. The Labute approximate surface area is 154 Å². The first-order valence-electron chi connectivity index (χ1n) is 9.16. The van der Waals surface area contributed by atoms with E-state index in [0.29, 0.717) is 24.4 Å². The van der Waals surface area contributed by atoms with Crippen molar-refractivity contribution in [1.82, 2.24) is 10.6 Å². The Morgan fingerprint density at radius 1 is 1.40 bits per heavy atom. The van der Waals surface area contributed by atoms with Crippen LogP contribution in [0.3, 0.4) is 0 Å². The molecule has 0 aromatic heterocycles. The number of benzene rings is 1.